The van der Waals surface area contributed by atoms with Crippen molar-refractivity contribution in [1.29, 1.82) is 0 Å². The first-order chi connectivity index (χ1) is 9.24. The van der Waals surface area contributed by atoms with E-state index in [1.807, 2.05) is 24.3 Å². The summed E-state index contributed by atoms with van der Waals surface area (Å²) in [6.45, 7) is 0. The summed E-state index contributed by atoms with van der Waals surface area (Å²) in [7, 11) is 0. The number of benzene rings is 1. The lowest BCUT2D eigenvalue weighted by Gasteiger charge is -2.27. The summed E-state index contributed by atoms with van der Waals surface area (Å²) in [6.07, 6.45) is 3.21. The molecule has 0 bridgehead atoms. The van der Waals surface area contributed by atoms with E-state index in [4.69, 9.17) is 0 Å². The van der Waals surface area contributed by atoms with Gasteiger partial charge in [0.25, 0.3) is 5.91 Å². The van der Waals surface area contributed by atoms with E-state index in [1.54, 1.807) is 0 Å². The maximum atomic E-state index is 12.1. The number of hydrogen-bond donors (Lipinski definition) is 3. The summed E-state index contributed by atoms with van der Waals surface area (Å²) >= 11 is 0. The van der Waals surface area contributed by atoms with Crippen molar-refractivity contribution in [2.75, 3.05) is 0 Å². The molecule has 1 aliphatic carbocycles. The van der Waals surface area contributed by atoms with Gasteiger partial charge in [0, 0.05) is 0 Å². The van der Waals surface area contributed by atoms with Crippen LogP contribution in [0.5, 0.6) is 0 Å². The van der Waals surface area contributed by atoms with E-state index < -0.39 is 6.10 Å². The third kappa shape index (κ3) is 2.46. The van der Waals surface area contributed by atoms with Crippen molar-refractivity contribution in [3.63, 3.8) is 0 Å². The molecule has 1 aromatic carbocycles. The van der Waals surface area contributed by atoms with Crippen molar-refractivity contribution >= 4 is 16.9 Å². The Morgan fingerprint density at radius 2 is 2.11 bits per heavy atom. The molecule has 5 heteroatoms. The van der Waals surface area contributed by atoms with Crippen LogP contribution < -0.4 is 5.32 Å². The predicted molar refractivity (Wildman–Crippen MR) is 71.8 cm³/mol. The van der Waals surface area contributed by atoms with E-state index in [0.29, 0.717) is 5.82 Å². The molecule has 5 nitrogen and oxygen atoms in total. The van der Waals surface area contributed by atoms with Crippen LogP contribution in [-0.2, 0) is 0 Å². The van der Waals surface area contributed by atoms with Gasteiger partial charge in [0.2, 0.25) is 0 Å². The molecular formula is C14H17N3O2. The molecule has 1 aromatic heterocycles. The predicted octanol–water partition coefficient (Wildman–Crippen LogP) is 1.60. The molecule has 1 fully saturated rings. The topological polar surface area (TPSA) is 78.0 Å². The Morgan fingerprint density at radius 1 is 1.32 bits per heavy atom. The molecule has 0 aliphatic heterocycles. The van der Waals surface area contributed by atoms with E-state index in [9.17, 15) is 9.90 Å². The molecule has 1 saturated carbocycles. The number of rotatable bonds is 2. The van der Waals surface area contributed by atoms with Crippen LogP contribution >= 0.6 is 0 Å². The molecule has 1 aliphatic rings. The summed E-state index contributed by atoms with van der Waals surface area (Å²) < 4.78 is 0. The highest BCUT2D eigenvalue weighted by molar-refractivity contribution is 5.94. The number of carbonyl (C=O) groups is 1. The average molecular weight is 259 g/mol. The Hall–Kier alpha value is -1.88. The number of nitrogens with one attached hydrogen (secondary N) is 2. The number of carbonyl (C=O) groups excluding carboxylic acids is 1. The van der Waals surface area contributed by atoms with Crippen molar-refractivity contribution in [3.8, 4) is 0 Å². The highest BCUT2D eigenvalue weighted by Crippen LogP contribution is 2.19. The molecule has 0 saturated heterocycles. The molecule has 0 unspecified atom stereocenters. The Balaban J connectivity index is 1.76. The van der Waals surface area contributed by atoms with E-state index in [2.05, 4.69) is 15.3 Å². The average Bonchev–Trinajstić information content (AvgIpc) is 2.85. The lowest BCUT2D eigenvalue weighted by atomic mass is 9.92. The number of H-pyrrole nitrogens is 1. The molecule has 2 aromatic rings. The number of nitrogens with zero attached hydrogens (tertiary/aromatic N) is 1. The maximum Gasteiger partial charge on any atom is 0.287 e. The van der Waals surface area contributed by atoms with Crippen LogP contribution in [0.4, 0.5) is 0 Å². The summed E-state index contributed by atoms with van der Waals surface area (Å²) in [5.74, 6) is 0.0566. The largest absolute Gasteiger partial charge is 0.391 e. The fraction of sp³-hybridized carbons (Fsp3) is 0.429. The standard InChI is InChI=1S/C14H17N3O2/c18-12-8-4-3-7-11(12)17-14(19)13-15-9-5-1-2-6-10(9)16-13/h1-2,5-6,11-12,18H,3-4,7-8H2,(H,15,16)(H,17,19)/t11-,12-/m1/s1. The molecule has 0 spiro atoms. The van der Waals surface area contributed by atoms with Gasteiger partial charge < -0.3 is 15.4 Å². The van der Waals surface area contributed by atoms with Crippen molar-refractivity contribution in [3.05, 3.63) is 30.1 Å². The Labute approximate surface area is 111 Å². The molecule has 3 rings (SSSR count). The summed E-state index contributed by atoms with van der Waals surface area (Å²) in [5.41, 5.74) is 1.62. The summed E-state index contributed by atoms with van der Waals surface area (Å²) in [6, 6.07) is 7.37. The number of aromatic nitrogens is 2. The third-order valence-electron chi connectivity index (χ3n) is 3.65. The number of para-hydroxylation sites is 2. The Kier molecular flexibility index (Phi) is 3.21. The van der Waals surface area contributed by atoms with Crippen LogP contribution in [0, 0.1) is 0 Å². The lowest BCUT2D eigenvalue weighted by molar-refractivity contribution is 0.0711. The minimum Gasteiger partial charge on any atom is -0.391 e. The van der Waals surface area contributed by atoms with Gasteiger partial charge in [-0.2, -0.15) is 0 Å². The highest BCUT2D eigenvalue weighted by Gasteiger charge is 2.25. The number of fused-ring (bicyclic) bond motifs is 1. The van der Waals surface area contributed by atoms with E-state index in [-0.39, 0.29) is 11.9 Å². The molecule has 1 heterocycles. The number of imidazole rings is 1. The first-order valence-corrected chi connectivity index (χ1v) is 6.68. The monoisotopic (exact) mass is 259 g/mol. The van der Waals surface area contributed by atoms with Crippen molar-refractivity contribution in [2.45, 2.75) is 37.8 Å². The molecule has 100 valence electrons. The van der Waals surface area contributed by atoms with Crippen LogP contribution in [0.3, 0.4) is 0 Å². The van der Waals surface area contributed by atoms with Gasteiger partial charge in [-0.15, -0.1) is 0 Å². The van der Waals surface area contributed by atoms with Crippen LogP contribution in [0.25, 0.3) is 11.0 Å². The van der Waals surface area contributed by atoms with Gasteiger partial charge in [-0.3, -0.25) is 4.79 Å². The van der Waals surface area contributed by atoms with Gasteiger partial charge >= 0.3 is 0 Å². The van der Waals surface area contributed by atoms with Crippen LogP contribution in [-0.4, -0.2) is 33.1 Å². The van der Waals surface area contributed by atoms with Crippen LogP contribution in [0.2, 0.25) is 0 Å². The Morgan fingerprint density at radius 3 is 2.89 bits per heavy atom. The number of aliphatic hydroxyl groups excluding tert-OH is 1. The van der Waals surface area contributed by atoms with E-state index in [0.717, 1.165) is 36.7 Å². The molecule has 19 heavy (non-hydrogen) atoms. The smallest absolute Gasteiger partial charge is 0.287 e. The van der Waals surface area contributed by atoms with Gasteiger partial charge in [0.1, 0.15) is 0 Å². The van der Waals surface area contributed by atoms with E-state index in [1.165, 1.54) is 0 Å². The maximum absolute atomic E-state index is 12.1. The van der Waals surface area contributed by atoms with Gasteiger partial charge in [0.15, 0.2) is 5.82 Å². The number of amides is 1. The van der Waals surface area contributed by atoms with Gasteiger partial charge in [-0.1, -0.05) is 25.0 Å². The molecule has 2 atom stereocenters. The zero-order chi connectivity index (χ0) is 13.2. The first kappa shape index (κ1) is 12.2. The molecular weight excluding hydrogens is 242 g/mol. The second-order valence-corrected chi connectivity index (χ2v) is 5.03. The van der Waals surface area contributed by atoms with Gasteiger partial charge in [-0.05, 0) is 25.0 Å². The van der Waals surface area contributed by atoms with Crippen LogP contribution in [0.1, 0.15) is 36.3 Å². The minimum absolute atomic E-state index is 0.158. The minimum atomic E-state index is -0.443. The molecule has 1 amide bonds. The fourth-order valence-corrected chi connectivity index (χ4v) is 2.58. The fourth-order valence-electron chi connectivity index (χ4n) is 2.58. The summed E-state index contributed by atoms with van der Waals surface area (Å²) in [4.78, 5) is 19.4. The number of aromatic amines is 1. The SMILES string of the molecule is O=C(N[C@@H]1CCCC[C@H]1O)c1nc2ccccc2[nH]1. The molecule has 3 N–H and O–H groups in total. The lowest BCUT2D eigenvalue weighted by Crippen LogP contribution is -2.45. The zero-order valence-electron chi connectivity index (χ0n) is 10.6. The van der Waals surface area contributed by atoms with E-state index >= 15 is 0 Å². The third-order valence-corrected chi connectivity index (χ3v) is 3.65. The van der Waals surface area contributed by atoms with Crippen LogP contribution in [0.15, 0.2) is 24.3 Å². The Bertz CT molecular complexity index is 560. The van der Waals surface area contributed by atoms with Crippen molar-refractivity contribution < 1.29 is 9.90 Å². The first-order valence-electron chi connectivity index (χ1n) is 6.68. The second-order valence-electron chi connectivity index (χ2n) is 5.03. The normalized spacial score (nSPS) is 23.4. The second kappa shape index (κ2) is 5.01. The molecule has 0 radical (unpaired) electrons. The zero-order valence-corrected chi connectivity index (χ0v) is 10.6. The number of hydrogen-bond acceptors (Lipinski definition) is 3. The van der Waals surface area contributed by atoms with Crippen molar-refractivity contribution in [1.82, 2.24) is 15.3 Å². The number of aliphatic hydroxyl groups is 1. The van der Waals surface area contributed by atoms with Gasteiger partial charge in [-0.25, -0.2) is 4.98 Å². The quantitative estimate of drug-likeness (QED) is 0.766. The van der Waals surface area contributed by atoms with Crippen molar-refractivity contribution in [2.24, 2.45) is 0 Å². The van der Waals surface area contributed by atoms with Gasteiger partial charge in [0.05, 0.1) is 23.2 Å². The summed E-state index contributed by atoms with van der Waals surface area (Å²) in [5, 5.41) is 12.7. The highest BCUT2D eigenvalue weighted by atomic mass is 16.3.